The lowest BCUT2D eigenvalue weighted by Crippen LogP contribution is -2.11. The maximum Gasteiger partial charge on any atom is 0.340 e. The summed E-state index contributed by atoms with van der Waals surface area (Å²) in [5.74, 6) is 0.668. The van der Waals surface area contributed by atoms with Crippen LogP contribution in [-0.2, 0) is 13.0 Å². The summed E-state index contributed by atoms with van der Waals surface area (Å²) in [5.41, 5.74) is 4.04. The Kier molecular flexibility index (Phi) is 5.31. The van der Waals surface area contributed by atoms with E-state index in [-0.39, 0.29) is 5.63 Å². The fourth-order valence-electron chi connectivity index (χ4n) is 3.25. The summed E-state index contributed by atoms with van der Waals surface area (Å²) in [6.45, 7) is 2.40. The van der Waals surface area contributed by atoms with Crippen LogP contribution in [0.25, 0.3) is 11.0 Å². The van der Waals surface area contributed by atoms with E-state index in [0.717, 1.165) is 26.5 Å². The van der Waals surface area contributed by atoms with Crippen molar-refractivity contribution in [3.05, 3.63) is 110 Å². The minimum Gasteiger partial charge on any atom is -0.489 e. The van der Waals surface area contributed by atoms with E-state index in [2.05, 4.69) is 15.9 Å². The van der Waals surface area contributed by atoms with Crippen LogP contribution in [0.5, 0.6) is 5.75 Å². The Bertz CT molecular complexity index is 1180. The van der Waals surface area contributed by atoms with Crippen molar-refractivity contribution < 1.29 is 9.15 Å². The van der Waals surface area contributed by atoms with Crippen LogP contribution in [-0.4, -0.2) is 0 Å². The first kappa shape index (κ1) is 18.5. The Labute approximate surface area is 171 Å². The summed E-state index contributed by atoms with van der Waals surface area (Å²) < 4.78 is 12.5. The van der Waals surface area contributed by atoms with Crippen LogP contribution in [0, 0.1) is 6.92 Å². The molecule has 0 spiro atoms. The summed E-state index contributed by atoms with van der Waals surface area (Å²) in [6, 6.07) is 23.5. The highest BCUT2D eigenvalue weighted by molar-refractivity contribution is 9.10. The Balaban J connectivity index is 1.63. The van der Waals surface area contributed by atoms with Gasteiger partial charge in [-0.1, -0.05) is 64.5 Å². The lowest BCUT2D eigenvalue weighted by Gasteiger charge is -2.11. The molecule has 0 radical (unpaired) electrons. The van der Waals surface area contributed by atoms with E-state index in [0.29, 0.717) is 29.9 Å². The molecule has 0 aliphatic rings. The molecule has 0 saturated carbocycles. The predicted octanol–water partition coefficient (Wildman–Crippen LogP) is 6.03. The smallest absolute Gasteiger partial charge is 0.340 e. The van der Waals surface area contributed by atoms with E-state index in [1.165, 1.54) is 0 Å². The average molecular weight is 435 g/mol. The second-order valence-corrected chi connectivity index (χ2v) is 7.55. The van der Waals surface area contributed by atoms with Crippen molar-refractivity contribution >= 4 is 26.9 Å². The topological polar surface area (TPSA) is 39.4 Å². The quantitative estimate of drug-likeness (QED) is 0.359. The van der Waals surface area contributed by atoms with Gasteiger partial charge in [-0.25, -0.2) is 4.79 Å². The molecule has 28 heavy (non-hydrogen) atoms. The fraction of sp³-hybridized carbons (Fsp3) is 0.125. The number of halogens is 1. The number of fused-ring (bicyclic) bond motifs is 1. The molecule has 4 rings (SSSR count). The highest BCUT2D eigenvalue weighted by atomic mass is 79.9. The SMILES string of the molecule is Cc1c(Cc2ccccc2)c(=O)oc2cc(OCc3ccccc3Br)ccc12. The van der Waals surface area contributed by atoms with Gasteiger partial charge >= 0.3 is 5.63 Å². The van der Waals surface area contributed by atoms with Crippen molar-refractivity contribution in [1.29, 1.82) is 0 Å². The molecular formula is C24H19BrO3. The van der Waals surface area contributed by atoms with E-state index < -0.39 is 0 Å². The fourth-order valence-corrected chi connectivity index (χ4v) is 3.64. The van der Waals surface area contributed by atoms with Crippen molar-refractivity contribution in [3.8, 4) is 5.75 Å². The van der Waals surface area contributed by atoms with E-state index in [4.69, 9.17) is 9.15 Å². The lowest BCUT2D eigenvalue weighted by molar-refractivity contribution is 0.305. The second-order valence-electron chi connectivity index (χ2n) is 6.69. The van der Waals surface area contributed by atoms with Gasteiger partial charge in [0.05, 0.1) is 0 Å². The zero-order valence-electron chi connectivity index (χ0n) is 15.4. The number of hydrogen-bond donors (Lipinski definition) is 0. The van der Waals surface area contributed by atoms with Gasteiger partial charge in [-0.05, 0) is 36.2 Å². The first-order valence-electron chi connectivity index (χ1n) is 9.08. The van der Waals surface area contributed by atoms with E-state index in [1.54, 1.807) is 6.07 Å². The largest absolute Gasteiger partial charge is 0.489 e. The van der Waals surface area contributed by atoms with Crippen LogP contribution in [0.1, 0.15) is 22.3 Å². The standard InChI is InChI=1S/C24H19BrO3/c1-16-20-12-11-19(27-15-18-9-5-6-10-22(18)25)14-23(20)28-24(26)21(16)13-17-7-3-2-4-8-17/h2-12,14H,13,15H2,1H3. The van der Waals surface area contributed by atoms with Crippen LogP contribution < -0.4 is 10.4 Å². The molecule has 1 aromatic heterocycles. The predicted molar refractivity (Wildman–Crippen MR) is 115 cm³/mol. The van der Waals surface area contributed by atoms with Gasteiger partial charge in [0, 0.05) is 33.5 Å². The molecule has 4 heteroatoms. The minimum atomic E-state index is -0.295. The third-order valence-electron chi connectivity index (χ3n) is 4.83. The molecular weight excluding hydrogens is 416 g/mol. The van der Waals surface area contributed by atoms with Gasteiger partial charge < -0.3 is 9.15 Å². The van der Waals surface area contributed by atoms with Crippen molar-refractivity contribution in [1.82, 2.24) is 0 Å². The molecule has 0 unspecified atom stereocenters. The molecule has 0 amide bonds. The van der Waals surface area contributed by atoms with Gasteiger partial charge in [0.2, 0.25) is 0 Å². The Morgan fingerprint density at radius 1 is 0.964 bits per heavy atom. The molecule has 0 N–H and O–H groups in total. The molecule has 140 valence electrons. The Morgan fingerprint density at radius 3 is 2.50 bits per heavy atom. The molecule has 1 heterocycles. The van der Waals surface area contributed by atoms with Crippen molar-refractivity contribution in [3.63, 3.8) is 0 Å². The van der Waals surface area contributed by atoms with E-state index >= 15 is 0 Å². The summed E-state index contributed by atoms with van der Waals surface area (Å²) in [4.78, 5) is 12.6. The third-order valence-corrected chi connectivity index (χ3v) is 5.61. The molecule has 0 fully saturated rings. The minimum absolute atomic E-state index is 0.295. The summed E-state index contributed by atoms with van der Waals surface area (Å²) in [7, 11) is 0. The van der Waals surface area contributed by atoms with Crippen LogP contribution in [0.2, 0.25) is 0 Å². The van der Waals surface area contributed by atoms with Crippen LogP contribution in [0.15, 0.2) is 86.5 Å². The summed E-state index contributed by atoms with van der Waals surface area (Å²) in [5, 5.41) is 0.929. The molecule has 3 aromatic carbocycles. The molecule has 0 aliphatic carbocycles. The lowest BCUT2D eigenvalue weighted by atomic mass is 10.00. The van der Waals surface area contributed by atoms with Crippen LogP contribution >= 0.6 is 15.9 Å². The van der Waals surface area contributed by atoms with Crippen molar-refractivity contribution in [2.75, 3.05) is 0 Å². The van der Waals surface area contributed by atoms with Crippen LogP contribution in [0.4, 0.5) is 0 Å². The second kappa shape index (κ2) is 8.03. The van der Waals surface area contributed by atoms with Crippen molar-refractivity contribution in [2.45, 2.75) is 20.0 Å². The van der Waals surface area contributed by atoms with Gasteiger partial charge in [0.15, 0.2) is 0 Å². The highest BCUT2D eigenvalue weighted by Gasteiger charge is 2.13. The number of aryl methyl sites for hydroxylation is 1. The van der Waals surface area contributed by atoms with Crippen LogP contribution in [0.3, 0.4) is 0 Å². The van der Waals surface area contributed by atoms with Gasteiger partial charge in [0.25, 0.3) is 0 Å². The van der Waals surface area contributed by atoms with Gasteiger partial charge in [-0.3, -0.25) is 0 Å². The molecule has 0 atom stereocenters. The maximum atomic E-state index is 12.6. The monoisotopic (exact) mass is 434 g/mol. The summed E-state index contributed by atoms with van der Waals surface area (Å²) >= 11 is 3.52. The van der Waals surface area contributed by atoms with Gasteiger partial charge in [-0.15, -0.1) is 0 Å². The molecule has 4 aromatic rings. The van der Waals surface area contributed by atoms with Gasteiger partial charge in [-0.2, -0.15) is 0 Å². The Hall–Kier alpha value is -2.85. The van der Waals surface area contributed by atoms with E-state index in [1.807, 2.05) is 73.7 Å². The normalized spacial score (nSPS) is 10.9. The third kappa shape index (κ3) is 3.87. The molecule has 0 bridgehead atoms. The maximum absolute atomic E-state index is 12.6. The first-order valence-corrected chi connectivity index (χ1v) is 9.87. The number of hydrogen-bond acceptors (Lipinski definition) is 3. The summed E-state index contributed by atoms with van der Waals surface area (Å²) in [6.07, 6.45) is 0.561. The number of rotatable bonds is 5. The zero-order valence-corrected chi connectivity index (χ0v) is 17.0. The van der Waals surface area contributed by atoms with Gasteiger partial charge in [0.1, 0.15) is 17.9 Å². The number of benzene rings is 3. The number of ether oxygens (including phenoxy) is 1. The van der Waals surface area contributed by atoms with Crippen molar-refractivity contribution in [2.24, 2.45) is 0 Å². The average Bonchev–Trinajstić information content (AvgIpc) is 2.71. The Morgan fingerprint density at radius 2 is 1.71 bits per heavy atom. The molecule has 0 saturated heterocycles. The van der Waals surface area contributed by atoms with E-state index in [9.17, 15) is 4.79 Å². The highest BCUT2D eigenvalue weighted by Crippen LogP contribution is 2.26. The molecule has 0 aliphatic heterocycles. The zero-order chi connectivity index (χ0) is 19.5. The molecule has 3 nitrogen and oxygen atoms in total. The first-order chi connectivity index (χ1) is 13.6.